The van der Waals surface area contributed by atoms with Gasteiger partial charge in [0.1, 0.15) is 0 Å². The summed E-state index contributed by atoms with van der Waals surface area (Å²) in [5.41, 5.74) is 0. The molecular formula is C14H42O20Si15. The average molecular weight is 952 g/mol. The minimum absolute atomic E-state index is 0.163. The van der Waals surface area contributed by atoms with Crippen molar-refractivity contribution in [2.45, 2.75) is 91.7 Å². The highest BCUT2D eigenvalue weighted by Crippen LogP contribution is 2.49. The van der Waals surface area contributed by atoms with E-state index >= 15 is 0 Å². The smallest absolute Gasteiger partial charge is 0.397 e. The van der Waals surface area contributed by atoms with Crippen molar-refractivity contribution in [3.05, 3.63) is 0 Å². The third-order valence-electron chi connectivity index (χ3n) is 7.91. The Hall–Kier alpha value is 2.45. The first-order valence-corrected chi connectivity index (χ1v) is 50.0. The van der Waals surface area contributed by atoms with Crippen molar-refractivity contribution >= 4 is 130 Å². The minimum Gasteiger partial charge on any atom is -0.397 e. The summed E-state index contributed by atoms with van der Waals surface area (Å²) in [6.45, 7) is 24.6. The summed E-state index contributed by atoms with van der Waals surface area (Å²) in [4.78, 5) is 0. The SMILES string of the molecule is C[Si]12O[Si]3(C)O[Si]4(C)O[Si]5(C)O[Si](C)(O1)O[Si]1(C)O[Si](C)(O2)O[Si](C)(O3)O[Si]2(C)O[Si](C)(O4)O[Si]3(C)O[Si](C)(O5)O[Si](C)(O1)[Si][Si](C)(O2)O3. The van der Waals surface area contributed by atoms with Gasteiger partial charge in [-0.05, 0) is 13.1 Å². The standard InChI is InChI=1S/C14H42O20Si15/c1-36-15-37(2)18-40(5)22-39(4,17-36)26-45(10)28-43(8)21-38(3,16-36)20-42(7)23-41(6,19-37)25-44(9,24-40)31-48(13)33-46(11,27-42)30-47(12,29-43)34-49(14,32-45)35-48/h1-14H3. The molecule has 278 valence electrons. The van der Waals surface area contributed by atoms with Crippen LogP contribution < -0.4 is 0 Å². The predicted octanol–water partition coefficient (Wildman–Crippen LogP) is 1.09. The average Bonchev–Trinajstić information content (AvgIpc) is 2.65. The van der Waals surface area contributed by atoms with Crippen molar-refractivity contribution in [3.63, 3.8) is 0 Å². The first-order valence-electron chi connectivity index (χ1n) is 15.7. The van der Waals surface area contributed by atoms with Gasteiger partial charge in [0.05, 0.1) is 0 Å². The van der Waals surface area contributed by atoms with Gasteiger partial charge in [-0.25, -0.2) is 0 Å². The summed E-state index contributed by atoms with van der Waals surface area (Å²) in [6.07, 6.45) is 0. The Bertz CT molecular complexity index is 1280. The lowest BCUT2D eigenvalue weighted by Gasteiger charge is -2.60. The first-order chi connectivity index (χ1) is 21.8. The zero-order chi connectivity index (χ0) is 35.8. The molecule has 14 bridgehead atoms. The van der Waals surface area contributed by atoms with Crippen molar-refractivity contribution in [1.82, 2.24) is 0 Å². The molecule has 0 aliphatic carbocycles. The lowest BCUT2D eigenvalue weighted by atomic mass is 11.9. The lowest BCUT2D eigenvalue weighted by Crippen LogP contribution is -2.86. The van der Waals surface area contributed by atoms with Gasteiger partial charge in [0.15, 0.2) is 8.55 Å². The van der Waals surface area contributed by atoms with Crippen molar-refractivity contribution < 1.29 is 82.3 Å². The van der Waals surface area contributed by atoms with E-state index in [-0.39, 0.29) is 8.55 Å². The molecule has 14 unspecified atom stereocenters. The molecule has 2 radical (unpaired) electrons. The summed E-state index contributed by atoms with van der Waals surface area (Å²) < 4.78 is 140. The maximum Gasteiger partial charge on any atom is 0.475 e. The number of rotatable bonds is 0. The van der Waals surface area contributed by atoms with E-state index in [0.29, 0.717) is 0 Å². The van der Waals surface area contributed by atoms with Gasteiger partial charge in [-0.1, -0.05) is 0 Å². The van der Waals surface area contributed by atoms with E-state index in [1.807, 2.05) is 13.1 Å². The van der Waals surface area contributed by atoms with E-state index in [0.717, 1.165) is 0 Å². The van der Waals surface area contributed by atoms with E-state index < -0.39 is 122 Å². The Morgan fingerprint density at radius 3 is 0.408 bits per heavy atom. The predicted molar refractivity (Wildman–Crippen MR) is 190 cm³/mol. The Kier molecular flexibility index (Phi) is 8.36. The van der Waals surface area contributed by atoms with Gasteiger partial charge < -0.3 is 82.3 Å². The molecule has 0 saturated carbocycles. The Morgan fingerprint density at radius 2 is 0.286 bits per heavy atom. The van der Waals surface area contributed by atoms with Crippen LogP contribution in [0.5, 0.6) is 0 Å². The number of hydrogen-bond donors (Lipinski definition) is 0. The van der Waals surface area contributed by atoms with Crippen LogP contribution in [0.3, 0.4) is 0 Å². The summed E-state index contributed by atoms with van der Waals surface area (Å²) >= 11 is 0. The second-order valence-electron chi connectivity index (χ2n) is 14.4. The summed E-state index contributed by atoms with van der Waals surface area (Å²) in [7, 11) is -55.2. The monoisotopic (exact) mass is 950 g/mol. The van der Waals surface area contributed by atoms with Crippen LogP contribution in [0.15, 0.2) is 0 Å². The second kappa shape index (κ2) is 10.7. The van der Waals surface area contributed by atoms with Crippen molar-refractivity contribution in [2.24, 2.45) is 0 Å². The molecule has 0 aromatic rings. The zero-order valence-corrected chi connectivity index (χ0v) is 44.7. The summed E-state index contributed by atoms with van der Waals surface area (Å²) in [5, 5.41) is 0. The fourth-order valence-electron chi connectivity index (χ4n) is 8.11. The topological polar surface area (TPSA) is 185 Å². The fraction of sp³-hybridized carbons (Fsp3) is 1.00. The van der Waals surface area contributed by atoms with Gasteiger partial charge in [0.25, 0.3) is 16.2 Å². The largest absolute Gasteiger partial charge is 0.475 e. The Labute approximate surface area is 302 Å². The van der Waals surface area contributed by atoms with E-state index in [1.165, 1.54) is 0 Å². The lowest BCUT2D eigenvalue weighted by molar-refractivity contribution is 0.00411. The van der Waals surface area contributed by atoms with Crippen LogP contribution >= 0.6 is 0 Å². The third-order valence-corrected chi connectivity index (χ3v) is 83.0. The summed E-state index contributed by atoms with van der Waals surface area (Å²) in [6, 6.07) is 0. The van der Waals surface area contributed by atoms with E-state index in [2.05, 4.69) is 0 Å². The molecule has 35 heteroatoms. The number of hydrogen-bond acceptors (Lipinski definition) is 20. The number of fused-ring (bicyclic) bond motifs is 6. The van der Waals surface area contributed by atoms with Gasteiger partial charge in [-0.3, -0.25) is 0 Å². The highest BCUT2D eigenvalue weighted by atomic mass is 29.6. The molecule has 8 aliphatic rings. The third kappa shape index (κ3) is 7.18. The van der Waals surface area contributed by atoms with Gasteiger partial charge >= 0.3 is 106 Å². The molecule has 0 spiro atoms. The van der Waals surface area contributed by atoms with Gasteiger partial charge in [-0.15, -0.1) is 0 Å². The van der Waals surface area contributed by atoms with E-state index in [1.54, 1.807) is 78.6 Å². The van der Waals surface area contributed by atoms with Crippen molar-refractivity contribution in [1.29, 1.82) is 0 Å². The minimum atomic E-state index is -4.13. The molecule has 0 amide bonds. The molecule has 0 N–H and O–H groups in total. The molecule has 49 heavy (non-hydrogen) atoms. The van der Waals surface area contributed by atoms with Gasteiger partial charge in [0, 0.05) is 78.6 Å². The van der Waals surface area contributed by atoms with Crippen LogP contribution in [0.4, 0.5) is 0 Å². The second-order valence-corrected chi connectivity index (χ2v) is 63.9. The molecule has 20 nitrogen and oxygen atoms in total. The highest BCUT2D eigenvalue weighted by Gasteiger charge is 2.79. The molecule has 0 aromatic heterocycles. The van der Waals surface area contributed by atoms with Crippen LogP contribution in [0.1, 0.15) is 0 Å². The Balaban J connectivity index is 1.52. The molecule has 8 fully saturated rings. The fourth-order valence-corrected chi connectivity index (χ4v) is 109. The van der Waals surface area contributed by atoms with Crippen LogP contribution in [0, 0.1) is 0 Å². The van der Waals surface area contributed by atoms with Gasteiger partial charge in [-0.2, -0.15) is 0 Å². The maximum absolute atomic E-state index is 7.14. The van der Waals surface area contributed by atoms with Crippen molar-refractivity contribution in [3.8, 4) is 0 Å². The highest BCUT2D eigenvalue weighted by molar-refractivity contribution is 7.49. The quantitative estimate of drug-likeness (QED) is 0.314. The molecule has 14 atom stereocenters. The first kappa shape index (κ1) is 38.3. The molecule has 8 rings (SSSR count). The molecular weight excluding hydrogens is 909 g/mol. The molecule has 8 saturated heterocycles. The van der Waals surface area contributed by atoms with Gasteiger partial charge in [0.2, 0.25) is 0 Å². The normalized spacial score (nSPS) is 66.0. The maximum atomic E-state index is 7.14. The zero-order valence-electron chi connectivity index (χ0n) is 29.7. The molecule has 8 aliphatic heterocycles. The van der Waals surface area contributed by atoms with Crippen molar-refractivity contribution in [2.75, 3.05) is 0 Å². The van der Waals surface area contributed by atoms with Crippen LogP contribution in [-0.2, 0) is 82.3 Å². The Morgan fingerprint density at radius 1 is 0.184 bits per heavy atom. The van der Waals surface area contributed by atoms with Crippen LogP contribution in [-0.4, -0.2) is 130 Å². The molecule has 0 aromatic carbocycles. The molecule has 8 heterocycles. The summed E-state index contributed by atoms with van der Waals surface area (Å²) in [5.74, 6) is 0. The van der Waals surface area contributed by atoms with E-state index in [9.17, 15) is 0 Å². The van der Waals surface area contributed by atoms with Crippen LogP contribution in [0.25, 0.3) is 0 Å². The van der Waals surface area contributed by atoms with E-state index in [4.69, 9.17) is 82.3 Å². The van der Waals surface area contributed by atoms with Crippen LogP contribution in [0.2, 0.25) is 91.7 Å².